The minimum atomic E-state index is 0.0841. The highest BCUT2D eigenvalue weighted by Gasteiger charge is 2.36. The van der Waals surface area contributed by atoms with Crippen LogP contribution in [0.25, 0.3) is 0 Å². The smallest absolute Gasteiger partial charge is 0.259 e. The van der Waals surface area contributed by atoms with E-state index in [9.17, 15) is 4.79 Å². The molecule has 2 heterocycles. The fraction of sp³-hybridized carbons (Fsp3) is 0.565. The Hall–Kier alpha value is -2.14. The average molecular weight is 381 g/mol. The van der Waals surface area contributed by atoms with Crippen molar-refractivity contribution in [1.29, 1.82) is 0 Å². The van der Waals surface area contributed by atoms with Crippen molar-refractivity contribution in [1.82, 2.24) is 14.5 Å². The largest absolute Gasteiger partial charge is 0.298 e. The number of benzene rings is 1. The second-order valence-electron chi connectivity index (χ2n) is 8.83. The number of anilines is 2. The number of nitrogens with zero attached hydrogens (tertiary/aromatic N) is 4. The van der Waals surface area contributed by atoms with Gasteiger partial charge in [-0.3, -0.25) is 19.2 Å². The Morgan fingerprint density at radius 2 is 1.71 bits per heavy atom. The monoisotopic (exact) mass is 380 g/mol. The molecule has 5 heteroatoms. The second kappa shape index (κ2) is 7.36. The summed E-state index contributed by atoms with van der Waals surface area (Å²) in [5, 5.41) is 0. The normalized spacial score (nSPS) is 25.6. The lowest BCUT2D eigenvalue weighted by molar-refractivity contribution is 0.0491. The Balaban J connectivity index is 1.79. The number of hydrogen-bond acceptors (Lipinski definition) is 4. The van der Waals surface area contributed by atoms with E-state index in [-0.39, 0.29) is 5.56 Å². The van der Waals surface area contributed by atoms with Crippen LogP contribution in [0.1, 0.15) is 49.9 Å². The highest BCUT2D eigenvalue weighted by molar-refractivity contribution is 5.58. The predicted octanol–water partition coefficient (Wildman–Crippen LogP) is 4.36. The first-order valence-electron chi connectivity index (χ1n) is 10.5. The zero-order valence-corrected chi connectivity index (χ0v) is 17.8. The van der Waals surface area contributed by atoms with Crippen molar-refractivity contribution < 1.29 is 0 Å². The summed E-state index contributed by atoms with van der Waals surface area (Å²) in [4.78, 5) is 22.6. The minimum absolute atomic E-state index is 0.0841. The van der Waals surface area contributed by atoms with Crippen molar-refractivity contribution in [2.45, 2.75) is 66.6 Å². The molecule has 5 nitrogen and oxygen atoms in total. The molecule has 0 saturated heterocycles. The van der Waals surface area contributed by atoms with E-state index in [2.05, 4.69) is 54.8 Å². The van der Waals surface area contributed by atoms with Crippen molar-refractivity contribution >= 4 is 11.6 Å². The van der Waals surface area contributed by atoms with Gasteiger partial charge in [0.25, 0.3) is 5.56 Å². The van der Waals surface area contributed by atoms with E-state index >= 15 is 0 Å². The van der Waals surface area contributed by atoms with Crippen LogP contribution >= 0.6 is 0 Å². The van der Waals surface area contributed by atoms with Crippen LogP contribution in [0.3, 0.4) is 0 Å². The fourth-order valence-corrected chi connectivity index (χ4v) is 4.75. The van der Waals surface area contributed by atoms with Crippen molar-refractivity contribution in [2.24, 2.45) is 11.8 Å². The lowest BCUT2D eigenvalue weighted by Gasteiger charge is -2.46. The predicted molar refractivity (Wildman–Crippen MR) is 114 cm³/mol. The average Bonchev–Trinajstić information content (AvgIpc) is 2.69. The molecule has 0 N–H and O–H groups in total. The van der Waals surface area contributed by atoms with Gasteiger partial charge in [-0.1, -0.05) is 44.4 Å². The fourth-order valence-electron chi connectivity index (χ4n) is 4.75. The van der Waals surface area contributed by atoms with Gasteiger partial charge in [-0.15, -0.1) is 0 Å². The second-order valence-corrected chi connectivity index (χ2v) is 8.83. The molecule has 0 radical (unpaired) electrons. The summed E-state index contributed by atoms with van der Waals surface area (Å²) in [6.07, 6.45) is 3.78. The Kier molecular flexibility index (Phi) is 5.04. The van der Waals surface area contributed by atoms with Gasteiger partial charge < -0.3 is 0 Å². The zero-order valence-electron chi connectivity index (χ0n) is 17.8. The lowest BCUT2D eigenvalue weighted by atomic mass is 9.77. The van der Waals surface area contributed by atoms with E-state index in [0.29, 0.717) is 18.6 Å². The van der Waals surface area contributed by atoms with Crippen LogP contribution in [0.15, 0.2) is 29.1 Å². The summed E-state index contributed by atoms with van der Waals surface area (Å²) >= 11 is 0. The van der Waals surface area contributed by atoms with Crippen LogP contribution in [0.4, 0.5) is 11.6 Å². The zero-order chi connectivity index (χ0) is 20.0. The van der Waals surface area contributed by atoms with E-state index in [4.69, 9.17) is 4.98 Å². The lowest BCUT2D eigenvalue weighted by Crippen LogP contribution is -2.54. The molecule has 28 heavy (non-hydrogen) atoms. The quantitative estimate of drug-likeness (QED) is 0.776. The minimum Gasteiger partial charge on any atom is -0.298 e. The van der Waals surface area contributed by atoms with E-state index < -0.39 is 0 Å². The summed E-state index contributed by atoms with van der Waals surface area (Å²) in [5.74, 6) is 2.12. The van der Waals surface area contributed by atoms with Crippen LogP contribution < -0.4 is 10.5 Å². The molecule has 1 aromatic carbocycles. The van der Waals surface area contributed by atoms with E-state index in [1.165, 1.54) is 24.8 Å². The van der Waals surface area contributed by atoms with Crippen LogP contribution in [-0.4, -0.2) is 27.2 Å². The van der Waals surface area contributed by atoms with Crippen molar-refractivity contribution in [3.8, 4) is 0 Å². The van der Waals surface area contributed by atoms with Crippen molar-refractivity contribution in [3.05, 3.63) is 51.4 Å². The third kappa shape index (κ3) is 3.26. The summed E-state index contributed by atoms with van der Waals surface area (Å²) in [6, 6.07) is 9.03. The maximum atomic E-state index is 13.1. The molecule has 3 atom stereocenters. The Labute approximate surface area is 168 Å². The maximum Gasteiger partial charge on any atom is 0.259 e. The maximum absolute atomic E-state index is 13.1. The van der Waals surface area contributed by atoms with Gasteiger partial charge in [0.2, 0.25) is 5.95 Å². The first kappa shape index (κ1) is 19.2. The molecule has 0 amide bonds. The van der Waals surface area contributed by atoms with Crippen LogP contribution in [0, 0.1) is 32.6 Å². The Morgan fingerprint density at radius 1 is 1.00 bits per heavy atom. The van der Waals surface area contributed by atoms with E-state index in [1.807, 2.05) is 18.4 Å². The van der Waals surface area contributed by atoms with Crippen LogP contribution in [0.5, 0.6) is 0 Å². The van der Waals surface area contributed by atoms with Crippen molar-refractivity contribution in [3.63, 3.8) is 0 Å². The first-order valence-corrected chi connectivity index (χ1v) is 10.5. The molecule has 4 rings (SSSR count). The van der Waals surface area contributed by atoms with Crippen molar-refractivity contribution in [2.75, 3.05) is 11.6 Å². The van der Waals surface area contributed by atoms with Gasteiger partial charge in [0.15, 0.2) is 0 Å². The molecule has 0 spiro atoms. The van der Waals surface area contributed by atoms with E-state index in [0.717, 1.165) is 35.5 Å². The van der Waals surface area contributed by atoms with Gasteiger partial charge in [-0.2, -0.15) is 0 Å². The molecule has 0 bridgehead atoms. The van der Waals surface area contributed by atoms with Gasteiger partial charge in [-0.05, 0) is 51.2 Å². The van der Waals surface area contributed by atoms with E-state index in [1.54, 1.807) is 0 Å². The molecule has 3 unspecified atom stereocenters. The molecule has 1 fully saturated rings. The summed E-state index contributed by atoms with van der Waals surface area (Å²) in [5.41, 5.74) is 3.98. The molecule has 1 aliphatic carbocycles. The van der Waals surface area contributed by atoms with Crippen LogP contribution in [0.2, 0.25) is 0 Å². The first-order chi connectivity index (χ1) is 13.4. The number of hydrogen-bond donors (Lipinski definition) is 0. The highest BCUT2D eigenvalue weighted by Crippen LogP contribution is 2.36. The molecule has 2 aliphatic rings. The molecular weight excluding hydrogens is 348 g/mol. The molecule has 1 aliphatic heterocycles. The highest BCUT2D eigenvalue weighted by atomic mass is 16.1. The molecule has 150 valence electrons. The Bertz CT molecular complexity index is 917. The van der Waals surface area contributed by atoms with Gasteiger partial charge in [-0.25, -0.2) is 4.98 Å². The van der Waals surface area contributed by atoms with Gasteiger partial charge >= 0.3 is 0 Å². The summed E-state index contributed by atoms with van der Waals surface area (Å²) < 4.78 is 1.87. The van der Waals surface area contributed by atoms with Gasteiger partial charge in [0.05, 0.1) is 13.3 Å². The van der Waals surface area contributed by atoms with Gasteiger partial charge in [0.1, 0.15) is 0 Å². The topological polar surface area (TPSA) is 41.4 Å². The SMILES string of the molecule is Cc1ccc(N2CN(C3CCCC(C)C3C)Cn3c2nc(C)c(C)c3=O)cc1. The van der Waals surface area contributed by atoms with Crippen LogP contribution in [-0.2, 0) is 6.67 Å². The number of rotatable bonds is 2. The molecule has 1 aromatic heterocycles. The third-order valence-corrected chi connectivity index (χ3v) is 6.98. The summed E-state index contributed by atoms with van der Waals surface area (Å²) in [7, 11) is 0. The standard InChI is InChI=1S/C23H32N4O/c1-15-9-11-20(12-10-15)26-13-25(21-8-6-7-16(2)17(21)3)14-27-22(28)18(4)19(5)24-23(26)27/h9-12,16-17,21H,6-8,13-14H2,1-5H3. The number of aromatic nitrogens is 2. The number of fused-ring (bicyclic) bond motifs is 1. The Morgan fingerprint density at radius 3 is 2.43 bits per heavy atom. The summed E-state index contributed by atoms with van der Waals surface area (Å²) in [6.45, 7) is 12.1. The molecule has 1 saturated carbocycles. The third-order valence-electron chi connectivity index (χ3n) is 6.98. The molecular formula is C23H32N4O. The number of aryl methyl sites for hydroxylation is 2. The van der Waals surface area contributed by atoms with Gasteiger partial charge in [0, 0.05) is 23.0 Å². The molecule has 2 aromatic rings.